The molecule has 1 heterocycles. The van der Waals surface area contributed by atoms with Gasteiger partial charge in [0.2, 0.25) is 6.29 Å². The second-order valence-corrected chi connectivity index (χ2v) is 5.68. The fourth-order valence-electron chi connectivity index (χ4n) is 3.54. The monoisotopic (exact) mass is 288 g/mol. The Kier molecular flexibility index (Phi) is 3.79. The van der Waals surface area contributed by atoms with Gasteiger partial charge in [-0.1, -0.05) is 13.8 Å². The number of aliphatic hydroxyl groups excluding tert-OH is 1. The lowest BCUT2D eigenvalue weighted by atomic mass is 9.83. The Morgan fingerprint density at radius 2 is 2.00 bits per heavy atom. The summed E-state index contributed by atoms with van der Waals surface area (Å²) in [5.74, 6) is -4.05. The maximum atomic E-state index is 12.0. The van der Waals surface area contributed by atoms with Crippen LogP contribution in [-0.2, 0) is 23.8 Å². The van der Waals surface area contributed by atoms with Crippen LogP contribution in [0.3, 0.4) is 0 Å². The molecule has 1 aliphatic heterocycles. The molecule has 2 N–H and O–H groups in total. The number of fused-ring (bicyclic) bond motifs is 1. The van der Waals surface area contributed by atoms with Crippen molar-refractivity contribution < 1.29 is 34.0 Å². The van der Waals surface area contributed by atoms with Gasteiger partial charge in [0.1, 0.15) is 0 Å². The summed E-state index contributed by atoms with van der Waals surface area (Å²) in [6, 6.07) is 0. The van der Waals surface area contributed by atoms with Crippen LogP contribution in [0.4, 0.5) is 0 Å². The third-order valence-electron chi connectivity index (χ3n) is 4.44. The van der Waals surface area contributed by atoms with Gasteiger partial charge in [0.25, 0.3) is 0 Å². The minimum Gasteiger partial charge on any atom is -0.467 e. The molecule has 0 spiro atoms. The van der Waals surface area contributed by atoms with E-state index >= 15 is 0 Å². The van der Waals surface area contributed by atoms with E-state index in [1.165, 1.54) is 7.11 Å². The van der Waals surface area contributed by atoms with Crippen LogP contribution >= 0.6 is 0 Å². The van der Waals surface area contributed by atoms with Crippen LogP contribution < -0.4 is 0 Å². The molecule has 2 fully saturated rings. The second-order valence-electron chi connectivity index (χ2n) is 5.68. The van der Waals surface area contributed by atoms with Crippen molar-refractivity contribution >= 4 is 11.9 Å². The number of ether oxygens (including phenoxy) is 3. The van der Waals surface area contributed by atoms with Crippen molar-refractivity contribution in [2.45, 2.75) is 31.8 Å². The van der Waals surface area contributed by atoms with Crippen LogP contribution in [0.5, 0.6) is 0 Å². The van der Waals surface area contributed by atoms with Crippen molar-refractivity contribution in [3.63, 3.8) is 0 Å². The van der Waals surface area contributed by atoms with E-state index in [0.717, 1.165) is 7.11 Å². The first-order valence-electron chi connectivity index (χ1n) is 6.52. The molecule has 0 unspecified atom stereocenters. The molecule has 2 aliphatic rings. The van der Waals surface area contributed by atoms with Gasteiger partial charge in [-0.05, 0) is 5.92 Å². The van der Waals surface area contributed by atoms with Gasteiger partial charge in [0.15, 0.2) is 5.60 Å². The van der Waals surface area contributed by atoms with Crippen molar-refractivity contribution in [2.24, 2.45) is 23.7 Å². The normalized spacial score (nSPS) is 43.5. The molecular weight excluding hydrogens is 268 g/mol. The number of hydrogen-bond donors (Lipinski definition) is 2. The summed E-state index contributed by atoms with van der Waals surface area (Å²) in [5, 5.41) is 21.1. The largest absolute Gasteiger partial charge is 0.467 e. The van der Waals surface area contributed by atoms with Crippen LogP contribution in [0.25, 0.3) is 0 Å². The first-order valence-corrected chi connectivity index (χ1v) is 6.52. The summed E-state index contributed by atoms with van der Waals surface area (Å²) >= 11 is 0. The van der Waals surface area contributed by atoms with Crippen LogP contribution in [0, 0.1) is 23.7 Å². The lowest BCUT2D eigenvalue weighted by Gasteiger charge is -2.32. The predicted octanol–water partition coefficient (Wildman–Crippen LogP) is -0.701. The van der Waals surface area contributed by atoms with E-state index in [2.05, 4.69) is 4.74 Å². The summed E-state index contributed by atoms with van der Waals surface area (Å²) in [6.07, 6.45) is -2.48. The van der Waals surface area contributed by atoms with E-state index in [1.54, 1.807) is 13.8 Å². The van der Waals surface area contributed by atoms with E-state index in [-0.39, 0.29) is 5.92 Å². The molecule has 1 saturated carbocycles. The van der Waals surface area contributed by atoms with Gasteiger partial charge < -0.3 is 24.4 Å². The highest BCUT2D eigenvalue weighted by Crippen LogP contribution is 2.54. The summed E-state index contributed by atoms with van der Waals surface area (Å²) in [5.41, 5.74) is -2.21. The van der Waals surface area contributed by atoms with E-state index in [1.807, 2.05) is 0 Å². The number of aliphatic hydroxyl groups is 2. The quantitative estimate of drug-likeness (QED) is 0.662. The van der Waals surface area contributed by atoms with E-state index < -0.39 is 47.7 Å². The highest BCUT2D eigenvalue weighted by Gasteiger charge is 2.72. The maximum absolute atomic E-state index is 12.0. The number of methoxy groups -OCH3 is 2. The zero-order chi connectivity index (χ0) is 15.2. The van der Waals surface area contributed by atoms with Crippen LogP contribution in [-0.4, -0.2) is 54.4 Å². The van der Waals surface area contributed by atoms with E-state index in [0.29, 0.717) is 0 Å². The molecule has 0 aromatic rings. The molecule has 1 aliphatic carbocycles. The Morgan fingerprint density at radius 3 is 2.45 bits per heavy atom. The minimum absolute atomic E-state index is 0.126. The van der Waals surface area contributed by atoms with Gasteiger partial charge >= 0.3 is 11.9 Å². The van der Waals surface area contributed by atoms with Gasteiger partial charge in [0.05, 0.1) is 25.0 Å². The van der Waals surface area contributed by atoms with Gasteiger partial charge in [-0.3, -0.25) is 4.79 Å². The number of esters is 2. The molecule has 2 rings (SSSR count). The van der Waals surface area contributed by atoms with Gasteiger partial charge in [0, 0.05) is 13.0 Å². The van der Waals surface area contributed by atoms with Gasteiger partial charge in [-0.15, -0.1) is 0 Å². The van der Waals surface area contributed by atoms with Crippen molar-refractivity contribution in [2.75, 3.05) is 14.2 Å². The van der Waals surface area contributed by atoms with Gasteiger partial charge in [-0.2, -0.15) is 0 Å². The molecule has 0 radical (unpaired) electrons. The highest BCUT2D eigenvalue weighted by atomic mass is 16.7. The molecule has 7 heteroatoms. The smallest absolute Gasteiger partial charge is 0.341 e. The Morgan fingerprint density at radius 1 is 1.40 bits per heavy atom. The van der Waals surface area contributed by atoms with Crippen LogP contribution in [0.2, 0.25) is 0 Å². The van der Waals surface area contributed by atoms with Crippen molar-refractivity contribution in [1.29, 1.82) is 0 Å². The summed E-state index contributed by atoms with van der Waals surface area (Å²) in [7, 11) is 2.43. The van der Waals surface area contributed by atoms with Crippen molar-refractivity contribution in [3.8, 4) is 0 Å². The van der Waals surface area contributed by atoms with Crippen molar-refractivity contribution in [1.82, 2.24) is 0 Å². The van der Waals surface area contributed by atoms with Gasteiger partial charge in [-0.25, -0.2) is 4.79 Å². The molecule has 1 saturated heterocycles. The number of rotatable bonds is 3. The summed E-state index contributed by atoms with van der Waals surface area (Å²) < 4.78 is 14.7. The lowest BCUT2D eigenvalue weighted by Crippen LogP contribution is -2.55. The average molecular weight is 288 g/mol. The molecule has 0 aromatic heterocycles. The molecule has 0 bridgehead atoms. The van der Waals surface area contributed by atoms with Crippen molar-refractivity contribution in [3.05, 3.63) is 0 Å². The highest BCUT2D eigenvalue weighted by molar-refractivity contribution is 5.86. The third kappa shape index (κ3) is 1.77. The first-order chi connectivity index (χ1) is 9.30. The Bertz CT molecular complexity index is 421. The first kappa shape index (κ1) is 15.2. The number of carbonyl (C=O) groups excluding carboxylic acids is 2. The molecule has 20 heavy (non-hydrogen) atoms. The molecule has 0 amide bonds. The third-order valence-corrected chi connectivity index (χ3v) is 4.44. The Balaban J connectivity index is 2.52. The summed E-state index contributed by atoms with van der Waals surface area (Å²) in [6.45, 7) is 3.61. The fourth-order valence-corrected chi connectivity index (χ4v) is 3.54. The second kappa shape index (κ2) is 4.98. The Hall–Kier alpha value is -1.18. The lowest BCUT2D eigenvalue weighted by molar-refractivity contribution is -0.205. The Labute approximate surface area is 116 Å². The molecule has 6 atom stereocenters. The maximum Gasteiger partial charge on any atom is 0.341 e. The number of hydrogen-bond acceptors (Lipinski definition) is 7. The molecular formula is C13H20O7. The summed E-state index contributed by atoms with van der Waals surface area (Å²) in [4.78, 5) is 24.0. The SMILES string of the molecule is COC(=O)[C@@]1(O)[C@H]2[C@H](OC)OC(=O)[C@H]2[C@@H](C(C)C)[C@@H]1O. The standard InChI is InChI=1S/C13H20O7/c1-5(2)6-7-8(11(18-3)20-10(7)15)13(17,9(6)14)12(16)19-4/h5-9,11,14,17H,1-4H3/t6-,7+,8-,9+,11-,13-/m1/s1. The molecule has 114 valence electrons. The van der Waals surface area contributed by atoms with Crippen LogP contribution in [0.1, 0.15) is 13.8 Å². The molecule has 0 aromatic carbocycles. The molecule has 7 nitrogen and oxygen atoms in total. The topological polar surface area (TPSA) is 102 Å². The van der Waals surface area contributed by atoms with E-state index in [9.17, 15) is 19.8 Å². The van der Waals surface area contributed by atoms with E-state index in [4.69, 9.17) is 9.47 Å². The van der Waals surface area contributed by atoms with Crippen LogP contribution in [0.15, 0.2) is 0 Å². The minimum atomic E-state index is -2.21. The fraction of sp³-hybridized carbons (Fsp3) is 0.846. The number of cyclic esters (lactones) is 1. The number of carbonyl (C=O) groups is 2. The predicted molar refractivity (Wildman–Crippen MR) is 65.2 cm³/mol. The average Bonchev–Trinajstić information content (AvgIpc) is 2.85. The zero-order valence-electron chi connectivity index (χ0n) is 11.9. The zero-order valence-corrected chi connectivity index (χ0v) is 11.9.